The number of halogens is 2. The summed E-state index contributed by atoms with van der Waals surface area (Å²) in [6, 6.07) is 8.57. The number of hydrogen-bond donors (Lipinski definition) is 2. The smallest absolute Gasteiger partial charge is 0.242 e. The van der Waals surface area contributed by atoms with Crippen LogP contribution in [0.2, 0.25) is 0 Å². The zero-order valence-electron chi connectivity index (χ0n) is 11.8. The summed E-state index contributed by atoms with van der Waals surface area (Å²) in [6.45, 7) is 3.90. The van der Waals surface area contributed by atoms with E-state index >= 15 is 0 Å². The second kappa shape index (κ2) is 9.00. The molecule has 2 unspecified atom stereocenters. The number of hydrogen-bond acceptors (Lipinski definition) is 4. The van der Waals surface area contributed by atoms with E-state index in [4.69, 9.17) is 5.73 Å². The predicted molar refractivity (Wildman–Crippen MR) is 91.3 cm³/mol. The molecule has 3 N–H and O–H groups in total. The zero-order chi connectivity index (χ0) is 13.8. The number of rotatable bonds is 4. The van der Waals surface area contributed by atoms with Crippen LogP contribution < -0.4 is 11.1 Å². The number of thiazole rings is 1. The average molecular weight is 348 g/mol. The Morgan fingerprint density at radius 1 is 1.29 bits per heavy atom. The lowest BCUT2D eigenvalue weighted by Crippen LogP contribution is -2.35. The van der Waals surface area contributed by atoms with E-state index in [9.17, 15) is 4.79 Å². The van der Waals surface area contributed by atoms with Gasteiger partial charge in [0.1, 0.15) is 11.0 Å². The third kappa shape index (κ3) is 5.28. The van der Waals surface area contributed by atoms with Crippen LogP contribution in [0.15, 0.2) is 36.5 Å². The first-order chi connectivity index (χ1) is 9.08. The third-order valence-corrected chi connectivity index (χ3v) is 3.90. The molecule has 0 radical (unpaired) electrons. The summed E-state index contributed by atoms with van der Waals surface area (Å²) < 4.78 is 0. The van der Waals surface area contributed by atoms with Gasteiger partial charge in [0.2, 0.25) is 5.91 Å². The van der Waals surface area contributed by atoms with Crippen molar-refractivity contribution in [2.45, 2.75) is 25.9 Å². The zero-order valence-corrected chi connectivity index (χ0v) is 14.2. The average Bonchev–Trinajstić information content (AvgIpc) is 2.85. The first-order valence-corrected chi connectivity index (χ1v) is 6.93. The van der Waals surface area contributed by atoms with Crippen LogP contribution in [0.5, 0.6) is 0 Å². The van der Waals surface area contributed by atoms with E-state index in [1.165, 1.54) is 0 Å². The lowest BCUT2D eigenvalue weighted by Gasteiger charge is -2.16. The maximum atomic E-state index is 12.1. The van der Waals surface area contributed by atoms with Gasteiger partial charge in [0.25, 0.3) is 0 Å². The van der Waals surface area contributed by atoms with Crippen molar-refractivity contribution in [1.82, 2.24) is 10.3 Å². The molecule has 0 fully saturated rings. The molecule has 0 saturated heterocycles. The van der Waals surface area contributed by atoms with E-state index in [0.29, 0.717) is 0 Å². The van der Waals surface area contributed by atoms with E-state index in [1.807, 2.05) is 44.2 Å². The standard InChI is InChI=1S/C14H17N3OS.2ClH/c1-9-8-16-14(19-9)10(2)17-13(18)12(15)11-6-4-3-5-7-11;;/h3-8,10,12H,15H2,1-2H3,(H,17,18);2*1H. The molecule has 1 aromatic carbocycles. The number of nitrogens with two attached hydrogens (primary N) is 1. The van der Waals surface area contributed by atoms with E-state index in [2.05, 4.69) is 10.3 Å². The van der Waals surface area contributed by atoms with Gasteiger partial charge in [0.15, 0.2) is 0 Å². The molecule has 4 nitrogen and oxygen atoms in total. The van der Waals surface area contributed by atoms with Crippen LogP contribution in [-0.4, -0.2) is 10.9 Å². The highest BCUT2D eigenvalue weighted by Crippen LogP contribution is 2.20. The molecule has 1 amide bonds. The van der Waals surface area contributed by atoms with Gasteiger partial charge in [-0.05, 0) is 19.4 Å². The maximum Gasteiger partial charge on any atom is 0.242 e. The number of aromatic nitrogens is 1. The normalized spacial score (nSPS) is 12.5. The Kier molecular flexibility index (Phi) is 8.51. The molecule has 116 valence electrons. The number of benzene rings is 1. The highest BCUT2D eigenvalue weighted by molar-refractivity contribution is 7.11. The predicted octanol–water partition coefficient (Wildman–Crippen LogP) is 3.17. The molecule has 2 atom stereocenters. The quantitative estimate of drug-likeness (QED) is 0.892. The Hall–Kier alpha value is -1.14. The molecule has 0 aliphatic heterocycles. The van der Waals surface area contributed by atoms with Gasteiger partial charge in [-0.25, -0.2) is 4.98 Å². The molecule has 2 rings (SSSR count). The summed E-state index contributed by atoms with van der Waals surface area (Å²) in [5.74, 6) is -0.188. The minimum atomic E-state index is -0.648. The second-order valence-electron chi connectivity index (χ2n) is 4.43. The Balaban J connectivity index is 0.00000200. The van der Waals surface area contributed by atoms with E-state index < -0.39 is 6.04 Å². The minimum Gasteiger partial charge on any atom is -0.345 e. The fourth-order valence-corrected chi connectivity index (χ4v) is 2.53. The molecule has 0 aliphatic rings. The van der Waals surface area contributed by atoms with Gasteiger partial charge in [-0.1, -0.05) is 30.3 Å². The van der Waals surface area contributed by atoms with Crippen molar-refractivity contribution in [3.63, 3.8) is 0 Å². The molecular weight excluding hydrogens is 329 g/mol. The van der Waals surface area contributed by atoms with Crippen LogP contribution in [-0.2, 0) is 4.79 Å². The molecule has 0 aliphatic carbocycles. The van der Waals surface area contributed by atoms with Crippen LogP contribution in [0.1, 0.15) is 34.5 Å². The Bertz CT molecular complexity index is 562. The number of nitrogens with zero attached hydrogens (tertiary/aromatic N) is 1. The highest BCUT2D eigenvalue weighted by atomic mass is 35.5. The molecular formula is C14H19Cl2N3OS. The summed E-state index contributed by atoms with van der Waals surface area (Å²) in [7, 11) is 0. The number of carbonyl (C=O) groups excluding carboxylic acids is 1. The van der Waals surface area contributed by atoms with Gasteiger partial charge in [-0.2, -0.15) is 0 Å². The van der Waals surface area contributed by atoms with Crippen LogP contribution in [0.3, 0.4) is 0 Å². The van der Waals surface area contributed by atoms with Crippen molar-refractivity contribution in [2.75, 3.05) is 0 Å². The Labute approximate surface area is 141 Å². The molecule has 1 heterocycles. The summed E-state index contributed by atoms with van der Waals surface area (Å²) in [5, 5.41) is 3.79. The van der Waals surface area contributed by atoms with Gasteiger partial charge in [-0.15, -0.1) is 36.2 Å². The lowest BCUT2D eigenvalue weighted by molar-refractivity contribution is -0.123. The van der Waals surface area contributed by atoms with Crippen molar-refractivity contribution < 1.29 is 4.79 Å². The SMILES string of the molecule is Cc1cnc(C(C)NC(=O)C(N)c2ccccc2)s1.Cl.Cl. The van der Waals surface area contributed by atoms with Gasteiger partial charge >= 0.3 is 0 Å². The number of carbonyl (C=O) groups is 1. The molecule has 1 aromatic heterocycles. The molecule has 7 heteroatoms. The van der Waals surface area contributed by atoms with Gasteiger partial charge in [0.05, 0.1) is 6.04 Å². The molecule has 2 aromatic rings. The van der Waals surface area contributed by atoms with E-state index in [-0.39, 0.29) is 36.8 Å². The molecule has 0 spiro atoms. The van der Waals surface area contributed by atoms with Gasteiger partial charge in [-0.3, -0.25) is 4.79 Å². The Morgan fingerprint density at radius 3 is 2.43 bits per heavy atom. The van der Waals surface area contributed by atoms with Crippen molar-refractivity contribution in [2.24, 2.45) is 5.73 Å². The number of aryl methyl sites for hydroxylation is 1. The fourth-order valence-electron chi connectivity index (χ4n) is 1.75. The summed E-state index contributed by atoms with van der Waals surface area (Å²) in [4.78, 5) is 17.5. The summed E-state index contributed by atoms with van der Waals surface area (Å²) in [5.41, 5.74) is 6.75. The van der Waals surface area contributed by atoms with E-state index in [1.54, 1.807) is 17.5 Å². The van der Waals surface area contributed by atoms with Gasteiger partial charge in [0, 0.05) is 11.1 Å². The summed E-state index contributed by atoms with van der Waals surface area (Å²) in [6.07, 6.45) is 1.81. The fraction of sp³-hybridized carbons (Fsp3) is 0.286. The first kappa shape index (κ1) is 19.9. The van der Waals surface area contributed by atoms with Crippen LogP contribution >= 0.6 is 36.2 Å². The lowest BCUT2D eigenvalue weighted by atomic mass is 10.1. The van der Waals surface area contributed by atoms with Crippen molar-refractivity contribution in [3.05, 3.63) is 52.0 Å². The largest absolute Gasteiger partial charge is 0.345 e. The number of nitrogens with one attached hydrogen (secondary N) is 1. The Morgan fingerprint density at radius 2 is 1.90 bits per heavy atom. The molecule has 0 bridgehead atoms. The van der Waals surface area contributed by atoms with Crippen molar-refractivity contribution >= 4 is 42.1 Å². The molecule has 21 heavy (non-hydrogen) atoms. The maximum absolute atomic E-state index is 12.1. The van der Waals surface area contributed by atoms with Gasteiger partial charge < -0.3 is 11.1 Å². The van der Waals surface area contributed by atoms with E-state index in [0.717, 1.165) is 15.4 Å². The molecule has 0 saturated carbocycles. The topological polar surface area (TPSA) is 68.0 Å². The van der Waals surface area contributed by atoms with Crippen LogP contribution in [0, 0.1) is 6.92 Å². The van der Waals surface area contributed by atoms with Crippen LogP contribution in [0.4, 0.5) is 0 Å². The number of amides is 1. The first-order valence-electron chi connectivity index (χ1n) is 6.11. The van der Waals surface area contributed by atoms with Crippen molar-refractivity contribution in [1.29, 1.82) is 0 Å². The minimum absolute atomic E-state index is 0. The van der Waals surface area contributed by atoms with Crippen molar-refractivity contribution in [3.8, 4) is 0 Å². The second-order valence-corrected chi connectivity index (χ2v) is 5.69. The summed E-state index contributed by atoms with van der Waals surface area (Å²) >= 11 is 1.58. The monoisotopic (exact) mass is 347 g/mol. The highest BCUT2D eigenvalue weighted by Gasteiger charge is 2.19. The van der Waals surface area contributed by atoms with Crippen LogP contribution in [0.25, 0.3) is 0 Å². The third-order valence-electron chi connectivity index (χ3n) is 2.81.